The van der Waals surface area contributed by atoms with E-state index in [1.165, 1.54) is 0 Å². The molecule has 16 heavy (non-hydrogen) atoms. The second kappa shape index (κ2) is 5.96. The molecule has 0 spiro atoms. The highest BCUT2D eigenvalue weighted by Crippen LogP contribution is 2.22. The van der Waals surface area contributed by atoms with E-state index >= 15 is 0 Å². The van der Waals surface area contributed by atoms with Gasteiger partial charge in [-0.15, -0.1) is 0 Å². The minimum Gasteiger partial charge on any atom is -0.371 e. The summed E-state index contributed by atoms with van der Waals surface area (Å²) in [5.74, 6) is 1.39. The van der Waals surface area contributed by atoms with E-state index in [9.17, 15) is 0 Å². The second-order valence-corrected chi connectivity index (χ2v) is 4.00. The summed E-state index contributed by atoms with van der Waals surface area (Å²) in [5, 5.41) is 3.88. The predicted octanol–water partition coefficient (Wildman–Crippen LogP) is 2.21. The molecule has 0 fully saturated rings. The molecular weight excluding hydrogens is 206 g/mol. The standard InChI is InChI=1S/C11H21N3O2/c1-5-7(3)9(12)11-13-10(14-16-11)8(4)15-6-2/h7-9H,5-6,12H2,1-4H3. The van der Waals surface area contributed by atoms with E-state index in [2.05, 4.69) is 24.0 Å². The molecule has 0 amide bonds. The van der Waals surface area contributed by atoms with Gasteiger partial charge in [-0.1, -0.05) is 25.4 Å². The summed E-state index contributed by atoms with van der Waals surface area (Å²) in [6.45, 7) is 8.61. The molecule has 0 saturated carbocycles. The fourth-order valence-electron chi connectivity index (χ4n) is 1.37. The minimum atomic E-state index is -0.194. The Morgan fingerprint density at radius 3 is 2.62 bits per heavy atom. The van der Waals surface area contributed by atoms with E-state index in [4.69, 9.17) is 15.0 Å². The molecule has 0 aliphatic rings. The van der Waals surface area contributed by atoms with Crippen molar-refractivity contribution in [3.63, 3.8) is 0 Å². The van der Waals surface area contributed by atoms with Crippen LogP contribution in [0.25, 0.3) is 0 Å². The Kier molecular flexibility index (Phi) is 4.89. The molecule has 92 valence electrons. The first kappa shape index (κ1) is 13.1. The zero-order chi connectivity index (χ0) is 12.1. The van der Waals surface area contributed by atoms with Crippen LogP contribution in [0.3, 0.4) is 0 Å². The van der Waals surface area contributed by atoms with Crippen molar-refractivity contribution in [2.75, 3.05) is 6.61 Å². The Balaban J connectivity index is 2.70. The van der Waals surface area contributed by atoms with Crippen LogP contribution in [0.1, 0.15) is 58.0 Å². The highest BCUT2D eigenvalue weighted by atomic mass is 16.5. The predicted molar refractivity (Wildman–Crippen MR) is 60.7 cm³/mol. The zero-order valence-corrected chi connectivity index (χ0v) is 10.4. The summed E-state index contributed by atoms with van der Waals surface area (Å²) in [4.78, 5) is 4.27. The monoisotopic (exact) mass is 227 g/mol. The molecule has 2 N–H and O–H groups in total. The van der Waals surface area contributed by atoms with Crippen LogP contribution in [-0.4, -0.2) is 16.7 Å². The second-order valence-electron chi connectivity index (χ2n) is 4.00. The molecule has 3 atom stereocenters. The van der Waals surface area contributed by atoms with Gasteiger partial charge in [0.05, 0.1) is 6.04 Å². The first-order valence-corrected chi connectivity index (χ1v) is 5.80. The van der Waals surface area contributed by atoms with Crippen molar-refractivity contribution < 1.29 is 9.26 Å². The van der Waals surface area contributed by atoms with Crippen LogP contribution in [0.5, 0.6) is 0 Å². The van der Waals surface area contributed by atoms with E-state index in [1.807, 2.05) is 13.8 Å². The van der Waals surface area contributed by atoms with Crippen molar-refractivity contribution in [3.05, 3.63) is 11.7 Å². The van der Waals surface area contributed by atoms with Gasteiger partial charge in [-0.2, -0.15) is 4.98 Å². The molecule has 0 saturated heterocycles. The lowest BCUT2D eigenvalue weighted by Crippen LogP contribution is -2.19. The number of nitrogens with zero attached hydrogens (tertiary/aromatic N) is 2. The molecule has 0 aliphatic heterocycles. The van der Waals surface area contributed by atoms with Crippen LogP contribution in [0, 0.1) is 5.92 Å². The Hall–Kier alpha value is -0.940. The lowest BCUT2D eigenvalue weighted by Gasteiger charge is -2.13. The van der Waals surface area contributed by atoms with Crippen LogP contribution >= 0.6 is 0 Å². The van der Waals surface area contributed by atoms with Gasteiger partial charge >= 0.3 is 0 Å². The first-order chi connectivity index (χ1) is 7.60. The lowest BCUT2D eigenvalue weighted by atomic mass is 10.0. The molecule has 0 aliphatic carbocycles. The molecule has 1 rings (SSSR count). The van der Waals surface area contributed by atoms with Crippen molar-refractivity contribution in [2.45, 2.75) is 46.3 Å². The van der Waals surface area contributed by atoms with Gasteiger partial charge in [-0.25, -0.2) is 0 Å². The van der Waals surface area contributed by atoms with Crippen LogP contribution in [0.4, 0.5) is 0 Å². The topological polar surface area (TPSA) is 74.2 Å². The third-order valence-corrected chi connectivity index (χ3v) is 2.78. The van der Waals surface area contributed by atoms with Crippen LogP contribution in [0.15, 0.2) is 4.52 Å². The highest BCUT2D eigenvalue weighted by molar-refractivity contribution is 4.95. The third-order valence-electron chi connectivity index (χ3n) is 2.78. The van der Waals surface area contributed by atoms with Crippen LogP contribution < -0.4 is 5.73 Å². The molecule has 3 unspecified atom stereocenters. The molecule has 1 aromatic heterocycles. The fourth-order valence-corrected chi connectivity index (χ4v) is 1.37. The van der Waals surface area contributed by atoms with Crippen molar-refractivity contribution in [3.8, 4) is 0 Å². The molecule has 0 radical (unpaired) electrons. The Morgan fingerprint density at radius 1 is 1.38 bits per heavy atom. The fraction of sp³-hybridized carbons (Fsp3) is 0.818. The normalized spacial score (nSPS) is 17.1. The quantitative estimate of drug-likeness (QED) is 0.806. The van der Waals surface area contributed by atoms with Crippen LogP contribution in [0.2, 0.25) is 0 Å². The summed E-state index contributed by atoms with van der Waals surface area (Å²) in [5.41, 5.74) is 6.00. The van der Waals surface area contributed by atoms with Crippen molar-refractivity contribution >= 4 is 0 Å². The summed E-state index contributed by atoms with van der Waals surface area (Å²) < 4.78 is 10.5. The maximum Gasteiger partial charge on any atom is 0.243 e. The maximum absolute atomic E-state index is 6.00. The van der Waals surface area contributed by atoms with E-state index < -0.39 is 0 Å². The number of ether oxygens (including phenoxy) is 1. The van der Waals surface area contributed by atoms with Gasteiger partial charge in [0, 0.05) is 6.61 Å². The van der Waals surface area contributed by atoms with Crippen LogP contribution in [-0.2, 0) is 4.74 Å². The SMILES string of the molecule is CCOC(C)c1noc(C(N)C(C)CC)n1. The van der Waals surface area contributed by atoms with Crippen molar-refractivity contribution in [2.24, 2.45) is 11.7 Å². The largest absolute Gasteiger partial charge is 0.371 e. The lowest BCUT2D eigenvalue weighted by molar-refractivity contribution is 0.0683. The van der Waals surface area contributed by atoms with E-state index in [0.29, 0.717) is 24.2 Å². The van der Waals surface area contributed by atoms with Crippen molar-refractivity contribution in [1.29, 1.82) is 0 Å². The highest BCUT2D eigenvalue weighted by Gasteiger charge is 2.21. The Labute approximate surface area is 96.4 Å². The third kappa shape index (κ3) is 3.02. The number of rotatable bonds is 6. The first-order valence-electron chi connectivity index (χ1n) is 5.80. The van der Waals surface area contributed by atoms with Gasteiger partial charge in [0.2, 0.25) is 5.89 Å². The van der Waals surface area contributed by atoms with Crippen molar-refractivity contribution in [1.82, 2.24) is 10.1 Å². The number of nitrogens with two attached hydrogens (primary N) is 1. The smallest absolute Gasteiger partial charge is 0.243 e. The van der Waals surface area contributed by atoms with Gasteiger partial charge in [-0.05, 0) is 19.8 Å². The molecule has 0 bridgehead atoms. The molecule has 0 aromatic carbocycles. The molecule has 1 heterocycles. The van der Waals surface area contributed by atoms with E-state index in [-0.39, 0.29) is 12.1 Å². The summed E-state index contributed by atoms with van der Waals surface area (Å²) in [6, 6.07) is -0.194. The summed E-state index contributed by atoms with van der Waals surface area (Å²) >= 11 is 0. The van der Waals surface area contributed by atoms with Gasteiger partial charge in [0.25, 0.3) is 0 Å². The average molecular weight is 227 g/mol. The molecule has 5 heteroatoms. The number of hydrogen-bond donors (Lipinski definition) is 1. The number of hydrogen-bond acceptors (Lipinski definition) is 5. The average Bonchev–Trinajstić information content (AvgIpc) is 2.76. The van der Waals surface area contributed by atoms with E-state index in [1.54, 1.807) is 0 Å². The summed E-state index contributed by atoms with van der Waals surface area (Å²) in [6.07, 6.45) is 0.839. The number of aromatic nitrogens is 2. The maximum atomic E-state index is 6.00. The van der Waals surface area contributed by atoms with Gasteiger partial charge in [0.15, 0.2) is 5.82 Å². The molecular formula is C11H21N3O2. The van der Waals surface area contributed by atoms with Gasteiger partial charge in [-0.3, -0.25) is 0 Å². The molecule has 5 nitrogen and oxygen atoms in total. The summed E-state index contributed by atoms with van der Waals surface area (Å²) in [7, 11) is 0. The van der Waals surface area contributed by atoms with E-state index in [0.717, 1.165) is 6.42 Å². The molecule has 1 aromatic rings. The van der Waals surface area contributed by atoms with Gasteiger partial charge in [0.1, 0.15) is 6.10 Å². The Morgan fingerprint density at radius 2 is 2.06 bits per heavy atom. The zero-order valence-electron chi connectivity index (χ0n) is 10.4. The minimum absolute atomic E-state index is 0.147. The Bertz CT molecular complexity index is 314. The van der Waals surface area contributed by atoms with Gasteiger partial charge < -0.3 is 15.0 Å².